The first-order chi connectivity index (χ1) is 15.0. The summed E-state index contributed by atoms with van der Waals surface area (Å²) in [6.45, 7) is 0. The Balaban J connectivity index is 1.64. The van der Waals surface area contributed by atoms with Gasteiger partial charge in [-0.05, 0) is 35.9 Å². The van der Waals surface area contributed by atoms with Crippen LogP contribution in [0.2, 0.25) is 5.02 Å². The van der Waals surface area contributed by atoms with Crippen LogP contribution in [0.25, 0.3) is 0 Å². The molecule has 1 heterocycles. The van der Waals surface area contributed by atoms with E-state index in [4.69, 9.17) is 16.7 Å². The zero-order valence-electron chi connectivity index (χ0n) is 16.4. The summed E-state index contributed by atoms with van der Waals surface area (Å²) in [4.78, 5) is 15.0. The number of nitro groups is 1. The van der Waals surface area contributed by atoms with Crippen molar-refractivity contribution in [2.75, 3.05) is 7.05 Å². The lowest BCUT2D eigenvalue weighted by Gasteiger charge is -2.14. The maximum Gasteiger partial charge on any atom is 0.269 e. The molecule has 0 amide bonds. The number of non-ortho nitro benzene ring substituents is 1. The quantitative estimate of drug-likeness (QED) is 0.371. The highest BCUT2D eigenvalue weighted by Gasteiger charge is 2.19. The van der Waals surface area contributed by atoms with Gasteiger partial charge < -0.3 is 0 Å². The number of fused-ring (bicyclic) bond motifs is 1. The number of nitrogens with zero attached hydrogens (tertiary/aromatic N) is 5. The van der Waals surface area contributed by atoms with Gasteiger partial charge in [0, 0.05) is 35.3 Å². The zero-order valence-corrected chi connectivity index (χ0v) is 17.2. The lowest BCUT2D eigenvalue weighted by atomic mass is 10.0. The molecule has 0 bridgehead atoms. The molecule has 0 spiro atoms. The van der Waals surface area contributed by atoms with Gasteiger partial charge >= 0.3 is 0 Å². The summed E-state index contributed by atoms with van der Waals surface area (Å²) in [5.41, 5.74) is 6.80. The van der Waals surface area contributed by atoms with E-state index in [1.165, 1.54) is 12.1 Å². The Hall–Kier alpha value is -4.04. The lowest BCUT2D eigenvalue weighted by molar-refractivity contribution is -0.384. The Morgan fingerprint density at radius 3 is 2.55 bits per heavy atom. The second kappa shape index (κ2) is 8.76. The van der Waals surface area contributed by atoms with Crippen LogP contribution in [0.15, 0.2) is 88.0 Å². The highest BCUT2D eigenvalue weighted by atomic mass is 35.5. The van der Waals surface area contributed by atoms with Crippen LogP contribution < -0.4 is 5.43 Å². The third-order valence-corrected chi connectivity index (χ3v) is 4.76. The zero-order chi connectivity index (χ0) is 21.8. The molecule has 0 unspecified atom stereocenters. The second-order valence-corrected chi connectivity index (χ2v) is 7.09. The van der Waals surface area contributed by atoms with Crippen LogP contribution in [-0.4, -0.2) is 34.9 Å². The largest absolute Gasteiger partial charge is 0.269 e. The van der Waals surface area contributed by atoms with E-state index in [1.54, 1.807) is 36.5 Å². The molecule has 3 aromatic carbocycles. The second-order valence-electron chi connectivity index (χ2n) is 6.65. The molecule has 1 N–H and O–H groups in total. The molecule has 4 rings (SSSR count). The van der Waals surface area contributed by atoms with Crippen LogP contribution in [0.4, 0.5) is 11.4 Å². The summed E-state index contributed by atoms with van der Waals surface area (Å²) in [5.74, 6) is 0.410. The first kappa shape index (κ1) is 20.2. The molecule has 9 heteroatoms. The molecular formula is C22H17ClN6O2. The van der Waals surface area contributed by atoms with Crippen molar-refractivity contribution in [3.05, 3.63) is 105 Å². The highest BCUT2D eigenvalue weighted by Crippen LogP contribution is 2.28. The molecule has 1 aliphatic heterocycles. The summed E-state index contributed by atoms with van der Waals surface area (Å²) in [6.07, 6.45) is 1.55. The average Bonchev–Trinajstić information content (AvgIpc) is 2.91. The van der Waals surface area contributed by atoms with Gasteiger partial charge in [-0.3, -0.25) is 10.1 Å². The van der Waals surface area contributed by atoms with E-state index in [0.29, 0.717) is 22.2 Å². The summed E-state index contributed by atoms with van der Waals surface area (Å²) >= 11 is 6.24. The average molecular weight is 433 g/mol. The van der Waals surface area contributed by atoms with Gasteiger partial charge in [0.25, 0.3) is 5.69 Å². The Kier molecular flexibility index (Phi) is 5.72. The monoisotopic (exact) mass is 432 g/mol. The number of hydrogen-bond donors (Lipinski definition) is 1. The number of halogens is 1. The van der Waals surface area contributed by atoms with Crippen molar-refractivity contribution in [1.29, 1.82) is 0 Å². The summed E-state index contributed by atoms with van der Waals surface area (Å²) in [6, 6.07) is 21.3. The van der Waals surface area contributed by atoms with E-state index >= 15 is 0 Å². The van der Waals surface area contributed by atoms with E-state index in [-0.39, 0.29) is 5.69 Å². The highest BCUT2D eigenvalue weighted by molar-refractivity contribution is 6.31. The molecule has 1 aliphatic rings. The third-order valence-electron chi connectivity index (χ3n) is 4.53. The van der Waals surface area contributed by atoms with E-state index in [1.807, 2.05) is 42.5 Å². The van der Waals surface area contributed by atoms with Crippen molar-refractivity contribution in [3.8, 4) is 0 Å². The number of nitrogens with one attached hydrogen (secondary N) is 1. The minimum absolute atomic E-state index is 0.0241. The number of hydrazone groups is 2. The smallest absolute Gasteiger partial charge is 0.258 e. The first-order valence-corrected chi connectivity index (χ1v) is 9.69. The van der Waals surface area contributed by atoms with E-state index in [0.717, 1.165) is 16.8 Å². The van der Waals surface area contributed by atoms with Crippen LogP contribution in [0, 0.1) is 10.1 Å². The van der Waals surface area contributed by atoms with Crippen molar-refractivity contribution < 1.29 is 4.92 Å². The molecular weight excluding hydrogens is 416 g/mol. The number of rotatable bonds is 4. The van der Waals surface area contributed by atoms with E-state index < -0.39 is 4.92 Å². The van der Waals surface area contributed by atoms with Gasteiger partial charge in [-0.15, -0.1) is 0 Å². The van der Waals surface area contributed by atoms with Crippen molar-refractivity contribution in [2.24, 2.45) is 15.2 Å². The fourth-order valence-corrected chi connectivity index (χ4v) is 3.16. The number of benzene rings is 3. The van der Waals surface area contributed by atoms with Crippen molar-refractivity contribution >= 4 is 40.9 Å². The number of guanidine groups is 1. The van der Waals surface area contributed by atoms with Crippen LogP contribution in [-0.2, 0) is 0 Å². The molecule has 0 aliphatic carbocycles. The lowest BCUT2D eigenvalue weighted by Crippen LogP contribution is -2.32. The molecule has 31 heavy (non-hydrogen) atoms. The summed E-state index contributed by atoms with van der Waals surface area (Å²) in [5, 5.41) is 21.9. The Bertz CT molecular complexity index is 1210. The van der Waals surface area contributed by atoms with Gasteiger partial charge in [0.2, 0.25) is 5.96 Å². The standard InChI is InChI=1S/C22H17ClN6O2/c1-28-22(26-24-14-15-7-10-18(11-8-15)29(30)31)25-20-12-9-17(23)13-19(20)21(27-28)16-5-3-2-4-6-16/h2-14H,1H3,(H,25,26)/b24-14+. The van der Waals surface area contributed by atoms with Crippen LogP contribution in [0.3, 0.4) is 0 Å². The molecule has 0 atom stereocenters. The van der Waals surface area contributed by atoms with E-state index in [9.17, 15) is 10.1 Å². The normalized spacial score (nSPS) is 13.3. The fourth-order valence-electron chi connectivity index (χ4n) is 2.99. The van der Waals surface area contributed by atoms with E-state index in [2.05, 4.69) is 15.5 Å². The van der Waals surface area contributed by atoms with Crippen LogP contribution >= 0.6 is 11.6 Å². The number of nitro benzene ring substituents is 1. The SMILES string of the molecule is CN1N=C(c2ccccc2)c2cc(Cl)ccc2N=C1N/N=C/c1ccc([N+](=O)[O-])cc1. The van der Waals surface area contributed by atoms with Crippen LogP contribution in [0.5, 0.6) is 0 Å². The maximum absolute atomic E-state index is 10.8. The van der Waals surface area contributed by atoms with Gasteiger partial charge in [-0.1, -0.05) is 41.9 Å². The predicted octanol–water partition coefficient (Wildman–Crippen LogP) is 4.56. The maximum atomic E-state index is 10.8. The van der Waals surface area contributed by atoms with Crippen molar-refractivity contribution in [1.82, 2.24) is 10.4 Å². The summed E-state index contributed by atoms with van der Waals surface area (Å²) in [7, 11) is 1.77. The summed E-state index contributed by atoms with van der Waals surface area (Å²) < 4.78 is 0. The minimum Gasteiger partial charge on any atom is -0.258 e. The minimum atomic E-state index is -0.444. The molecule has 0 fully saturated rings. The topological polar surface area (TPSA) is 95.5 Å². The van der Waals surface area contributed by atoms with Gasteiger partial charge in [0.1, 0.15) is 5.71 Å². The van der Waals surface area contributed by atoms with Crippen molar-refractivity contribution in [3.63, 3.8) is 0 Å². The number of aliphatic imine (C=N–C) groups is 1. The predicted molar refractivity (Wildman–Crippen MR) is 122 cm³/mol. The first-order valence-electron chi connectivity index (χ1n) is 9.31. The van der Waals surface area contributed by atoms with Crippen molar-refractivity contribution in [2.45, 2.75) is 0 Å². The number of hydrogen-bond acceptors (Lipinski definition) is 7. The molecule has 0 saturated carbocycles. The molecule has 8 nitrogen and oxygen atoms in total. The van der Waals surface area contributed by atoms with Gasteiger partial charge in [-0.25, -0.2) is 15.4 Å². The van der Waals surface area contributed by atoms with Crippen LogP contribution in [0.1, 0.15) is 16.7 Å². The molecule has 3 aromatic rings. The van der Waals surface area contributed by atoms with Gasteiger partial charge in [-0.2, -0.15) is 10.2 Å². The van der Waals surface area contributed by atoms with Gasteiger partial charge in [0.15, 0.2) is 0 Å². The third kappa shape index (κ3) is 4.59. The van der Waals surface area contributed by atoms with Gasteiger partial charge in [0.05, 0.1) is 16.8 Å². The fraction of sp³-hybridized carbons (Fsp3) is 0.0455. The molecule has 0 radical (unpaired) electrons. The molecule has 0 saturated heterocycles. The molecule has 0 aromatic heterocycles. The molecule has 154 valence electrons. The Morgan fingerprint density at radius 1 is 1.10 bits per heavy atom. The Morgan fingerprint density at radius 2 is 1.84 bits per heavy atom. The Labute approximate surface area is 183 Å².